The van der Waals surface area contributed by atoms with Gasteiger partial charge in [0.05, 0.1) is 5.52 Å². The normalized spacial score (nSPS) is 10.5. The van der Waals surface area contributed by atoms with Crippen LogP contribution in [0.15, 0.2) is 30.5 Å². The number of rotatable bonds is 1. The number of nitrogens with zero attached hydrogens (tertiary/aromatic N) is 1. The lowest BCUT2D eigenvalue weighted by Crippen LogP contribution is -1.92. The van der Waals surface area contributed by atoms with Crippen LogP contribution in [0.2, 0.25) is 0 Å². The number of anilines is 1. The zero-order chi connectivity index (χ0) is 9.26. The highest BCUT2D eigenvalue weighted by Crippen LogP contribution is 2.22. The quantitative estimate of drug-likeness (QED) is 0.671. The van der Waals surface area contributed by atoms with Crippen LogP contribution >= 0.6 is 0 Å². The van der Waals surface area contributed by atoms with Crippen molar-refractivity contribution in [3.8, 4) is 0 Å². The Bertz CT molecular complexity index is 435. The molecule has 2 rings (SSSR count). The summed E-state index contributed by atoms with van der Waals surface area (Å²) in [6, 6.07) is 7.92. The molecule has 1 heterocycles. The Morgan fingerprint density at radius 1 is 1.31 bits per heavy atom. The first-order valence-corrected chi connectivity index (χ1v) is 4.45. The van der Waals surface area contributed by atoms with Gasteiger partial charge in [-0.2, -0.15) is 0 Å². The van der Waals surface area contributed by atoms with Gasteiger partial charge in [-0.05, 0) is 30.2 Å². The molecule has 2 N–H and O–H groups in total. The summed E-state index contributed by atoms with van der Waals surface area (Å²) >= 11 is 0. The molecule has 0 fully saturated rings. The SMILES string of the molecule is CCc1ccc(N)c2cccnc12. The molecule has 0 bridgehead atoms. The van der Waals surface area contributed by atoms with Gasteiger partial charge in [0.1, 0.15) is 0 Å². The minimum atomic E-state index is 0.806. The van der Waals surface area contributed by atoms with Gasteiger partial charge in [-0.3, -0.25) is 4.98 Å². The van der Waals surface area contributed by atoms with Gasteiger partial charge in [-0.15, -0.1) is 0 Å². The van der Waals surface area contributed by atoms with E-state index in [4.69, 9.17) is 5.73 Å². The van der Waals surface area contributed by atoms with E-state index in [1.807, 2.05) is 24.3 Å². The predicted molar refractivity (Wildman–Crippen MR) is 55.5 cm³/mol. The number of hydrogen-bond acceptors (Lipinski definition) is 2. The van der Waals surface area contributed by atoms with Crippen LogP contribution in [0.4, 0.5) is 5.69 Å². The molecule has 2 heteroatoms. The van der Waals surface area contributed by atoms with Gasteiger partial charge in [0.2, 0.25) is 0 Å². The number of fused-ring (bicyclic) bond motifs is 1. The number of hydrogen-bond donors (Lipinski definition) is 1. The Balaban J connectivity index is 2.84. The summed E-state index contributed by atoms with van der Waals surface area (Å²) in [6.07, 6.45) is 2.80. The van der Waals surface area contributed by atoms with Crippen LogP contribution in [-0.4, -0.2) is 4.98 Å². The van der Waals surface area contributed by atoms with Crippen molar-refractivity contribution >= 4 is 16.6 Å². The number of pyridine rings is 1. The lowest BCUT2D eigenvalue weighted by Gasteiger charge is -2.04. The maximum atomic E-state index is 5.84. The van der Waals surface area contributed by atoms with Gasteiger partial charge >= 0.3 is 0 Å². The summed E-state index contributed by atoms with van der Waals surface area (Å²) in [5.74, 6) is 0. The molecule has 0 radical (unpaired) electrons. The first-order chi connectivity index (χ1) is 6.33. The van der Waals surface area contributed by atoms with E-state index in [0.717, 1.165) is 23.0 Å². The Kier molecular flexibility index (Phi) is 1.89. The lowest BCUT2D eigenvalue weighted by molar-refractivity contribution is 1.14. The molecule has 2 nitrogen and oxygen atoms in total. The number of nitrogen functional groups attached to an aromatic ring is 1. The summed E-state index contributed by atoms with van der Waals surface area (Å²) < 4.78 is 0. The van der Waals surface area contributed by atoms with E-state index in [0.29, 0.717) is 0 Å². The average Bonchev–Trinajstić information content (AvgIpc) is 2.19. The molecule has 0 aliphatic rings. The first kappa shape index (κ1) is 8.05. The van der Waals surface area contributed by atoms with E-state index in [2.05, 4.69) is 11.9 Å². The molecule has 1 aromatic heterocycles. The van der Waals surface area contributed by atoms with Crippen LogP contribution in [0.25, 0.3) is 10.9 Å². The highest BCUT2D eigenvalue weighted by Gasteiger charge is 2.01. The minimum absolute atomic E-state index is 0.806. The first-order valence-electron chi connectivity index (χ1n) is 4.45. The minimum Gasteiger partial charge on any atom is -0.398 e. The van der Waals surface area contributed by atoms with Crippen molar-refractivity contribution in [1.82, 2.24) is 4.98 Å². The van der Waals surface area contributed by atoms with Crippen molar-refractivity contribution in [2.24, 2.45) is 0 Å². The second-order valence-corrected chi connectivity index (χ2v) is 3.07. The smallest absolute Gasteiger partial charge is 0.0754 e. The highest BCUT2D eigenvalue weighted by molar-refractivity contribution is 5.92. The molecule has 0 aliphatic carbocycles. The Labute approximate surface area is 77.4 Å². The predicted octanol–water partition coefficient (Wildman–Crippen LogP) is 2.38. The van der Waals surface area contributed by atoms with Crippen molar-refractivity contribution in [2.45, 2.75) is 13.3 Å². The monoisotopic (exact) mass is 172 g/mol. The van der Waals surface area contributed by atoms with E-state index in [1.54, 1.807) is 6.20 Å². The molecule has 0 spiro atoms. The fourth-order valence-electron chi connectivity index (χ4n) is 1.54. The van der Waals surface area contributed by atoms with Crippen LogP contribution in [0.3, 0.4) is 0 Å². The number of aromatic nitrogens is 1. The van der Waals surface area contributed by atoms with Crippen molar-refractivity contribution in [3.05, 3.63) is 36.0 Å². The molecule has 1 aromatic carbocycles. The second-order valence-electron chi connectivity index (χ2n) is 3.07. The lowest BCUT2D eigenvalue weighted by atomic mass is 10.1. The van der Waals surface area contributed by atoms with Gasteiger partial charge < -0.3 is 5.73 Å². The summed E-state index contributed by atoms with van der Waals surface area (Å²) in [5.41, 5.74) is 8.93. The van der Waals surface area contributed by atoms with Crippen LogP contribution in [0.1, 0.15) is 12.5 Å². The summed E-state index contributed by atoms with van der Waals surface area (Å²) in [7, 11) is 0. The molecule has 0 atom stereocenters. The van der Waals surface area contributed by atoms with Gasteiger partial charge in [0, 0.05) is 17.3 Å². The fraction of sp³-hybridized carbons (Fsp3) is 0.182. The van der Waals surface area contributed by atoms with Crippen LogP contribution in [-0.2, 0) is 6.42 Å². The topological polar surface area (TPSA) is 38.9 Å². The van der Waals surface area contributed by atoms with Crippen LogP contribution in [0, 0.1) is 0 Å². The number of aryl methyl sites for hydroxylation is 1. The zero-order valence-corrected chi connectivity index (χ0v) is 7.62. The molecule has 0 saturated heterocycles. The molecule has 66 valence electrons. The maximum Gasteiger partial charge on any atom is 0.0754 e. The molecular weight excluding hydrogens is 160 g/mol. The van der Waals surface area contributed by atoms with E-state index in [9.17, 15) is 0 Å². The molecule has 0 unspecified atom stereocenters. The van der Waals surface area contributed by atoms with Gasteiger partial charge in [0.25, 0.3) is 0 Å². The number of benzene rings is 1. The number of nitrogens with two attached hydrogens (primary N) is 1. The zero-order valence-electron chi connectivity index (χ0n) is 7.62. The Hall–Kier alpha value is -1.57. The van der Waals surface area contributed by atoms with E-state index in [-0.39, 0.29) is 0 Å². The third-order valence-electron chi connectivity index (χ3n) is 2.27. The molecule has 0 amide bonds. The van der Waals surface area contributed by atoms with Gasteiger partial charge in [-0.1, -0.05) is 13.0 Å². The van der Waals surface area contributed by atoms with Crippen molar-refractivity contribution in [3.63, 3.8) is 0 Å². The van der Waals surface area contributed by atoms with Crippen molar-refractivity contribution < 1.29 is 0 Å². The third-order valence-corrected chi connectivity index (χ3v) is 2.27. The molecule has 2 aromatic rings. The fourth-order valence-corrected chi connectivity index (χ4v) is 1.54. The Morgan fingerprint density at radius 2 is 2.15 bits per heavy atom. The molecular formula is C11H12N2. The third kappa shape index (κ3) is 1.24. The molecule has 0 aliphatic heterocycles. The largest absolute Gasteiger partial charge is 0.398 e. The Morgan fingerprint density at radius 3 is 2.92 bits per heavy atom. The van der Waals surface area contributed by atoms with Gasteiger partial charge in [0.15, 0.2) is 0 Å². The summed E-state index contributed by atoms with van der Waals surface area (Å²) in [5, 5.41) is 1.06. The highest BCUT2D eigenvalue weighted by atomic mass is 14.7. The molecule has 0 saturated carbocycles. The van der Waals surface area contributed by atoms with Gasteiger partial charge in [-0.25, -0.2) is 0 Å². The maximum absolute atomic E-state index is 5.84. The average molecular weight is 172 g/mol. The second kappa shape index (κ2) is 3.05. The van der Waals surface area contributed by atoms with E-state index < -0.39 is 0 Å². The van der Waals surface area contributed by atoms with Crippen molar-refractivity contribution in [2.75, 3.05) is 5.73 Å². The van der Waals surface area contributed by atoms with Crippen LogP contribution < -0.4 is 5.73 Å². The van der Waals surface area contributed by atoms with Crippen LogP contribution in [0.5, 0.6) is 0 Å². The summed E-state index contributed by atoms with van der Waals surface area (Å²) in [4.78, 5) is 4.33. The van der Waals surface area contributed by atoms with E-state index >= 15 is 0 Å². The summed E-state index contributed by atoms with van der Waals surface area (Å²) in [6.45, 7) is 2.12. The van der Waals surface area contributed by atoms with E-state index in [1.165, 1.54) is 5.56 Å². The standard InChI is InChI=1S/C11H12N2/c1-2-8-5-6-10(12)9-4-3-7-13-11(8)9/h3-7H,2,12H2,1H3. The molecule has 13 heavy (non-hydrogen) atoms. The van der Waals surface area contributed by atoms with Crippen molar-refractivity contribution in [1.29, 1.82) is 0 Å².